The molecule has 316 valence electrons. The molecule has 0 bridgehead atoms. The standard InChI is InChI=1S/C46H48N6O9/c1-46(2,3)61-45(59)50-39(30-14-8-5-9-15-30)43(56)52-25-11-17-35(52)41(54)48-33-22-23-36-31(26-33)27-37(60-36)28-18-20-32(21-19-28)47-40(53)34-16-10-24-51(34)42(55)38(49-44(57)58)29-12-6-4-7-13-29/h4-9,12-15,18-23,26-27,34-35,38-39,49H,10-11,16-17,24-25H2,1-3H3,(H,47,53)(H,48,54)(H,50,59)(H,57,58)/t34-,35-,38-,39-/m0/s1. The Bertz CT molecular complexity index is 2410. The molecule has 0 aliphatic carbocycles. The van der Waals surface area contributed by atoms with Gasteiger partial charge in [-0.25, -0.2) is 9.59 Å². The van der Waals surface area contributed by atoms with Gasteiger partial charge in [-0.05, 0) is 106 Å². The summed E-state index contributed by atoms with van der Waals surface area (Å²) in [6.07, 6.45) is 0.0209. The van der Waals surface area contributed by atoms with E-state index < -0.39 is 53.8 Å². The number of amides is 6. The molecule has 5 aromatic rings. The number of benzene rings is 4. The summed E-state index contributed by atoms with van der Waals surface area (Å²) < 4.78 is 11.6. The fourth-order valence-electron chi connectivity index (χ4n) is 7.79. The number of rotatable bonds is 11. The lowest BCUT2D eigenvalue weighted by Gasteiger charge is -2.29. The number of likely N-dealkylation sites (tertiary alicyclic amines) is 2. The van der Waals surface area contributed by atoms with Crippen LogP contribution in [0.25, 0.3) is 22.3 Å². The zero-order valence-electron chi connectivity index (χ0n) is 34.1. The highest BCUT2D eigenvalue weighted by Crippen LogP contribution is 2.32. The lowest BCUT2D eigenvalue weighted by Crippen LogP contribution is -2.49. The fourth-order valence-corrected chi connectivity index (χ4v) is 7.79. The molecule has 4 aromatic carbocycles. The van der Waals surface area contributed by atoms with Crippen molar-refractivity contribution in [1.29, 1.82) is 0 Å². The number of alkyl carbamates (subject to hydrolysis) is 1. The van der Waals surface area contributed by atoms with Gasteiger partial charge in [0.05, 0.1) is 0 Å². The molecule has 6 amide bonds. The van der Waals surface area contributed by atoms with Crippen LogP contribution >= 0.6 is 0 Å². The van der Waals surface area contributed by atoms with Crippen molar-refractivity contribution in [2.24, 2.45) is 0 Å². The lowest BCUT2D eigenvalue weighted by molar-refractivity contribution is -0.138. The molecule has 61 heavy (non-hydrogen) atoms. The van der Waals surface area contributed by atoms with Crippen LogP contribution in [0, 0.1) is 0 Å². The van der Waals surface area contributed by atoms with Crippen molar-refractivity contribution in [2.45, 2.75) is 76.2 Å². The van der Waals surface area contributed by atoms with Crippen LogP contribution in [0.15, 0.2) is 114 Å². The molecule has 0 unspecified atom stereocenters. The molecule has 2 fully saturated rings. The molecule has 7 rings (SSSR count). The van der Waals surface area contributed by atoms with Crippen molar-refractivity contribution in [3.63, 3.8) is 0 Å². The van der Waals surface area contributed by atoms with E-state index in [4.69, 9.17) is 9.15 Å². The van der Waals surface area contributed by atoms with Crippen LogP contribution in [0.3, 0.4) is 0 Å². The minimum Gasteiger partial charge on any atom is -0.465 e. The number of nitrogens with one attached hydrogen (secondary N) is 4. The smallest absolute Gasteiger partial charge is 0.408 e. The molecule has 0 spiro atoms. The van der Waals surface area contributed by atoms with Crippen molar-refractivity contribution < 1.29 is 43.0 Å². The Morgan fingerprint density at radius 1 is 0.672 bits per heavy atom. The van der Waals surface area contributed by atoms with E-state index in [9.17, 15) is 33.9 Å². The zero-order chi connectivity index (χ0) is 43.3. The van der Waals surface area contributed by atoms with Gasteiger partial charge in [0, 0.05) is 35.4 Å². The maximum Gasteiger partial charge on any atom is 0.408 e. The largest absolute Gasteiger partial charge is 0.465 e. The van der Waals surface area contributed by atoms with E-state index in [-0.39, 0.29) is 11.8 Å². The van der Waals surface area contributed by atoms with E-state index in [0.29, 0.717) is 72.6 Å². The number of hydrogen-bond donors (Lipinski definition) is 5. The average Bonchev–Trinajstić information content (AvgIpc) is 4.02. The highest BCUT2D eigenvalue weighted by Gasteiger charge is 2.40. The summed E-state index contributed by atoms with van der Waals surface area (Å²) in [6.45, 7) is 5.89. The topological polar surface area (TPSA) is 200 Å². The monoisotopic (exact) mass is 828 g/mol. The predicted molar refractivity (Wildman–Crippen MR) is 227 cm³/mol. The first-order valence-electron chi connectivity index (χ1n) is 20.2. The SMILES string of the molecule is CC(C)(C)OC(=O)N[C@H](C(=O)N1CCC[C@H]1C(=O)Nc1ccc2oc(-c3ccc(NC(=O)[C@@H]4CCCN4C(=O)[C@@H](NC(=O)O)c4ccccc4)cc3)cc2c1)c1ccccc1. The normalized spacial score (nSPS) is 17.3. The van der Waals surface area contributed by atoms with Crippen LogP contribution < -0.4 is 21.3 Å². The highest BCUT2D eigenvalue weighted by molar-refractivity contribution is 6.01. The van der Waals surface area contributed by atoms with Crippen LogP contribution in [0.2, 0.25) is 0 Å². The summed E-state index contributed by atoms with van der Waals surface area (Å²) in [5.41, 5.74) is 2.62. The van der Waals surface area contributed by atoms with Crippen molar-refractivity contribution in [1.82, 2.24) is 20.4 Å². The number of furan rings is 1. The third kappa shape index (κ3) is 10.0. The molecule has 15 nitrogen and oxygen atoms in total. The van der Waals surface area contributed by atoms with Gasteiger partial charge in [-0.2, -0.15) is 0 Å². The summed E-state index contributed by atoms with van der Waals surface area (Å²) >= 11 is 0. The van der Waals surface area contributed by atoms with E-state index in [1.54, 1.807) is 118 Å². The first kappa shape index (κ1) is 42.0. The molecular weight excluding hydrogens is 781 g/mol. The van der Waals surface area contributed by atoms with Gasteiger partial charge in [-0.15, -0.1) is 0 Å². The van der Waals surface area contributed by atoms with Crippen LogP contribution in [0.5, 0.6) is 0 Å². The third-order valence-corrected chi connectivity index (χ3v) is 10.6. The van der Waals surface area contributed by atoms with Gasteiger partial charge in [0.1, 0.15) is 41.1 Å². The molecule has 15 heteroatoms. The summed E-state index contributed by atoms with van der Waals surface area (Å²) in [7, 11) is 0. The van der Waals surface area contributed by atoms with Crippen molar-refractivity contribution in [3.05, 3.63) is 120 Å². The molecule has 2 aliphatic heterocycles. The van der Waals surface area contributed by atoms with Crippen LogP contribution in [-0.4, -0.2) is 81.5 Å². The average molecular weight is 829 g/mol. The first-order valence-corrected chi connectivity index (χ1v) is 20.2. The Morgan fingerprint density at radius 3 is 1.70 bits per heavy atom. The molecule has 5 N–H and O–H groups in total. The van der Waals surface area contributed by atoms with Gasteiger partial charge in [-0.3, -0.25) is 19.2 Å². The van der Waals surface area contributed by atoms with E-state index in [1.807, 2.05) is 12.1 Å². The van der Waals surface area contributed by atoms with Gasteiger partial charge >= 0.3 is 12.2 Å². The number of carboxylic acid groups (broad SMARTS) is 1. The zero-order valence-corrected chi connectivity index (χ0v) is 34.1. The predicted octanol–water partition coefficient (Wildman–Crippen LogP) is 7.23. The number of fused-ring (bicyclic) bond motifs is 1. The van der Waals surface area contributed by atoms with Gasteiger partial charge in [-0.1, -0.05) is 60.7 Å². The van der Waals surface area contributed by atoms with Crippen LogP contribution in [0.4, 0.5) is 21.0 Å². The van der Waals surface area contributed by atoms with Crippen LogP contribution in [-0.2, 0) is 23.9 Å². The molecule has 1 aromatic heterocycles. The second kappa shape index (κ2) is 18.0. The number of nitrogens with zero attached hydrogens (tertiary/aromatic N) is 2. The highest BCUT2D eigenvalue weighted by atomic mass is 16.6. The van der Waals surface area contributed by atoms with E-state index in [2.05, 4.69) is 21.3 Å². The Labute approximate surface area is 352 Å². The quantitative estimate of drug-likeness (QED) is 0.0911. The second-order valence-electron chi connectivity index (χ2n) is 16.1. The molecular formula is C46H48N6O9. The first-order chi connectivity index (χ1) is 29.2. The minimum atomic E-state index is -1.34. The molecule has 2 saturated heterocycles. The minimum absolute atomic E-state index is 0.320. The third-order valence-electron chi connectivity index (χ3n) is 10.6. The fraction of sp³-hybridized carbons (Fsp3) is 0.304. The summed E-state index contributed by atoms with van der Waals surface area (Å²) in [6, 6.07) is 27.8. The van der Waals surface area contributed by atoms with Crippen molar-refractivity contribution >= 4 is 58.2 Å². The molecule has 2 aliphatic rings. The molecule has 3 heterocycles. The van der Waals surface area contributed by atoms with Crippen LogP contribution in [0.1, 0.15) is 69.7 Å². The maximum absolute atomic E-state index is 14.0. The number of carbonyl (C=O) groups is 6. The van der Waals surface area contributed by atoms with E-state index >= 15 is 0 Å². The Balaban J connectivity index is 0.991. The molecule has 0 saturated carbocycles. The second-order valence-corrected chi connectivity index (χ2v) is 16.1. The van der Waals surface area contributed by atoms with E-state index in [0.717, 1.165) is 10.9 Å². The molecule has 0 radical (unpaired) electrons. The van der Waals surface area contributed by atoms with Gasteiger partial charge < -0.3 is 45.3 Å². The number of anilines is 2. The van der Waals surface area contributed by atoms with E-state index in [1.165, 1.54) is 9.80 Å². The number of carbonyl (C=O) groups excluding carboxylic acids is 5. The van der Waals surface area contributed by atoms with Gasteiger partial charge in [0.2, 0.25) is 11.8 Å². The summed E-state index contributed by atoms with van der Waals surface area (Å²) in [5.74, 6) is -1.08. The Hall–Kier alpha value is -7.16. The Kier molecular flexibility index (Phi) is 12.4. The van der Waals surface area contributed by atoms with Crippen molar-refractivity contribution in [2.75, 3.05) is 23.7 Å². The van der Waals surface area contributed by atoms with Gasteiger partial charge in [0.25, 0.3) is 11.8 Å². The summed E-state index contributed by atoms with van der Waals surface area (Å²) in [4.78, 5) is 82.1. The lowest BCUT2D eigenvalue weighted by atomic mass is 10.0. The molecule has 4 atom stereocenters. The summed E-state index contributed by atoms with van der Waals surface area (Å²) in [5, 5.41) is 21.0. The maximum atomic E-state index is 14.0. The van der Waals surface area contributed by atoms with Crippen molar-refractivity contribution in [3.8, 4) is 11.3 Å². The van der Waals surface area contributed by atoms with Gasteiger partial charge in [0.15, 0.2) is 0 Å². The number of hydrogen-bond acceptors (Lipinski definition) is 8. The Morgan fingerprint density at radius 2 is 1.18 bits per heavy atom. The number of ether oxygens (including phenoxy) is 1.